The third kappa shape index (κ3) is 2.20. The van der Waals surface area contributed by atoms with E-state index in [0.29, 0.717) is 11.8 Å². The lowest BCUT2D eigenvalue weighted by Gasteiger charge is -2.44. The minimum absolute atomic E-state index is 0.317. The molecule has 1 spiro atoms. The van der Waals surface area contributed by atoms with Crippen LogP contribution in [0.5, 0.6) is 0 Å². The van der Waals surface area contributed by atoms with Crippen molar-refractivity contribution in [1.29, 1.82) is 0 Å². The zero-order chi connectivity index (χ0) is 11.7. The Hall–Kier alpha value is -0.610. The van der Waals surface area contributed by atoms with Crippen LogP contribution in [0, 0.1) is 5.92 Å². The third-order valence-electron chi connectivity index (χ3n) is 4.31. The zero-order valence-corrected chi connectivity index (χ0v) is 10.3. The molecule has 0 radical (unpaired) electrons. The van der Waals surface area contributed by atoms with Crippen LogP contribution in [-0.2, 0) is 14.3 Å². The number of ether oxygens (including phenoxy) is 2. The van der Waals surface area contributed by atoms with E-state index in [-0.39, 0.29) is 5.79 Å². The highest BCUT2D eigenvalue weighted by Crippen LogP contribution is 2.33. The van der Waals surface area contributed by atoms with Gasteiger partial charge in [-0.15, -0.1) is 0 Å². The van der Waals surface area contributed by atoms with Gasteiger partial charge in [0.2, 0.25) is 5.91 Å². The summed E-state index contributed by atoms with van der Waals surface area (Å²) in [5.41, 5.74) is 0. The van der Waals surface area contributed by atoms with E-state index < -0.39 is 0 Å². The number of piperidine rings is 1. The molecule has 3 fully saturated rings. The number of amides is 1. The summed E-state index contributed by atoms with van der Waals surface area (Å²) in [6, 6.07) is 0. The molecule has 3 aliphatic rings. The molecule has 0 aromatic heterocycles. The van der Waals surface area contributed by atoms with Crippen molar-refractivity contribution in [3.05, 3.63) is 0 Å². The molecule has 2 saturated heterocycles. The van der Waals surface area contributed by atoms with Gasteiger partial charge in [-0.1, -0.05) is 6.42 Å². The van der Waals surface area contributed by atoms with E-state index >= 15 is 0 Å². The van der Waals surface area contributed by atoms with Crippen molar-refractivity contribution in [2.75, 3.05) is 26.3 Å². The van der Waals surface area contributed by atoms with Gasteiger partial charge in [0.15, 0.2) is 5.79 Å². The molecule has 0 unspecified atom stereocenters. The summed E-state index contributed by atoms with van der Waals surface area (Å²) >= 11 is 0. The first-order chi connectivity index (χ1) is 8.29. The molecule has 96 valence electrons. The Bertz CT molecular complexity index is 285. The average molecular weight is 239 g/mol. The number of carbonyl (C=O) groups excluding carboxylic acids is 1. The van der Waals surface area contributed by atoms with Gasteiger partial charge in [-0.3, -0.25) is 4.79 Å². The van der Waals surface area contributed by atoms with E-state index in [2.05, 4.69) is 0 Å². The molecule has 4 heteroatoms. The molecule has 2 aliphatic heterocycles. The Morgan fingerprint density at radius 1 is 1.06 bits per heavy atom. The first-order valence-electron chi connectivity index (χ1n) is 6.86. The van der Waals surface area contributed by atoms with E-state index in [9.17, 15) is 4.79 Å². The summed E-state index contributed by atoms with van der Waals surface area (Å²) in [6.07, 6.45) is 6.07. The lowest BCUT2D eigenvalue weighted by Crippen LogP contribution is -2.52. The van der Waals surface area contributed by atoms with Gasteiger partial charge in [0.25, 0.3) is 0 Å². The van der Waals surface area contributed by atoms with Gasteiger partial charge in [-0.05, 0) is 19.3 Å². The van der Waals surface area contributed by atoms with Gasteiger partial charge in [-0.2, -0.15) is 0 Å². The Kier molecular flexibility index (Phi) is 3.09. The first-order valence-corrected chi connectivity index (χ1v) is 6.86. The zero-order valence-electron chi connectivity index (χ0n) is 10.3. The van der Waals surface area contributed by atoms with Crippen LogP contribution in [0.1, 0.15) is 38.5 Å². The van der Waals surface area contributed by atoms with Crippen LogP contribution in [0.4, 0.5) is 0 Å². The fraction of sp³-hybridized carbons (Fsp3) is 0.923. The summed E-state index contributed by atoms with van der Waals surface area (Å²) in [4.78, 5) is 14.1. The quantitative estimate of drug-likeness (QED) is 0.696. The summed E-state index contributed by atoms with van der Waals surface area (Å²) < 4.78 is 11.6. The van der Waals surface area contributed by atoms with E-state index in [0.717, 1.165) is 58.4 Å². The van der Waals surface area contributed by atoms with E-state index in [1.165, 1.54) is 6.42 Å². The van der Waals surface area contributed by atoms with Crippen molar-refractivity contribution < 1.29 is 14.3 Å². The highest BCUT2D eigenvalue weighted by molar-refractivity contribution is 5.79. The number of hydrogen-bond acceptors (Lipinski definition) is 3. The summed E-state index contributed by atoms with van der Waals surface area (Å²) in [5.74, 6) is 0.313. The summed E-state index contributed by atoms with van der Waals surface area (Å²) in [6.45, 7) is 3.21. The fourth-order valence-corrected chi connectivity index (χ4v) is 2.89. The number of rotatable bonds is 1. The second-order valence-electron chi connectivity index (χ2n) is 5.41. The molecule has 1 aliphatic carbocycles. The summed E-state index contributed by atoms with van der Waals surface area (Å²) in [5, 5.41) is 0. The molecule has 1 saturated carbocycles. The lowest BCUT2D eigenvalue weighted by atomic mass is 9.84. The molecule has 0 aromatic rings. The van der Waals surface area contributed by atoms with Crippen LogP contribution in [-0.4, -0.2) is 42.9 Å². The van der Waals surface area contributed by atoms with Crippen LogP contribution in [0.2, 0.25) is 0 Å². The van der Waals surface area contributed by atoms with Gasteiger partial charge in [0.1, 0.15) is 0 Å². The standard InChI is InChI=1S/C13H21NO3/c15-12(11-3-1-4-11)14-7-5-13(6-8-14)16-9-2-10-17-13/h11H,1-10H2. The predicted molar refractivity (Wildman–Crippen MR) is 62.4 cm³/mol. The normalized spacial score (nSPS) is 29.1. The Balaban J connectivity index is 1.54. The second-order valence-corrected chi connectivity index (χ2v) is 5.41. The molecule has 17 heavy (non-hydrogen) atoms. The number of carbonyl (C=O) groups is 1. The van der Waals surface area contributed by atoms with Crippen LogP contribution < -0.4 is 0 Å². The minimum atomic E-state index is -0.366. The minimum Gasteiger partial charge on any atom is -0.350 e. The topological polar surface area (TPSA) is 38.8 Å². The van der Waals surface area contributed by atoms with Gasteiger partial charge >= 0.3 is 0 Å². The molecular formula is C13H21NO3. The second kappa shape index (κ2) is 4.58. The van der Waals surface area contributed by atoms with Crippen LogP contribution >= 0.6 is 0 Å². The van der Waals surface area contributed by atoms with Crippen LogP contribution in [0.25, 0.3) is 0 Å². The van der Waals surface area contributed by atoms with Crippen molar-refractivity contribution >= 4 is 5.91 Å². The van der Waals surface area contributed by atoms with Gasteiger partial charge < -0.3 is 14.4 Å². The summed E-state index contributed by atoms with van der Waals surface area (Å²) in [7, 11) is 0. The van der Waals surface area contributed by atoms with Gasteiger partial charge in [0.05, 0.1) is 13.2 Å². The Labute approximate surface area is 102 Å². The molecule has 1 amide bonds. The Morgan fingerprint density at radius 3 is 2.24 bits per heavy atom. The van der Waals surface area contributed by atoms with Gasteiger partial charge in [0, 0.05) is 31.8 Å². The number of nitrogens with zero attached hydrogens (tertiary/aromatic N) is 1. The molecule has 2 heterocycles. The maximum atomic E-state index is 12.1. The van der Waals surface area contributed by atoms with Crippen molar-refractivity contribution in [3.63, 3.8) is 0 Å². The van der Waals surface area contributed by atoms with Crippen LogP contribution in [0.15, 0.2) is 0 Å². The Morgan fingerprint density at radius 2 is 1.71 bits per heavy atom. The van der Waals surface area contributed by atoms with Crippen molar-refractivity contribution in [2.45, 2.75) is 44.3 Å². The first kappa shape index (κ1) is 11.5. The third-order valence-corrected chi connectivity index (χ3v) is 4.31. The molecule has 4 nitrogen and oxygen atoms in total. The predicted octanol–water partition coefficient (Wildman–Crippen LogP) is 1.54. The fourth-order valence-electron chi connectivity index (χ4n) is 2.89. The maximum absolute atomic E-state index is 12.1. The monoisotopic (exact) mass is 239 g/mol. The van der Waals surface area contributed by atoms with Crippen molar-refractivity contribution in [2.24, 2.45) is 5.92 Å². The van der Waals surface area contributed by atoms with Crippen molar-refractivity contribution in [3.8, 4) is 0 Å². The number of hydrogen-bond donors (Lipinski definition) is 0. The van der Waals surface area contributed by atoms with E-state index in [4.69, 9.17) is 9.47 Å². The molecule has 0 aromatic carbocycles. The molecule has 3 rings (SSSR count). The lowest BCUT2D eigenvalue weighted by molar-refractivity contribution is -0.283. The van der Waals surface area contributed by atoms with E-state index in [1.54, 1.807) is 0 Å². The largest absolute Gasteiger partial charge is 0.350 e. The van der Waals surface area contributed by atoms with Gasteiger partial charge in [-0.25, -0.2) is 0 Å². The molecule has 0 atom stereocenters. The highest BCUT2D eigenvalue weighted by Gasteiger charge is 2.40. The highest BCUT2D eigenvalue weighted by atomic mass is 16.7. The number of likely N-dealkylation sites (tertiary alicyclic amines) is 1. The van der Waals surface area contributed by atoms with Crippen molar-refractivity contribution in [1.82, 2.24) is 4.90 Å². The maximum Gasteiger partial charge on any atom is 0.225 e. The van der Waals surface area contributed by atoms with Crippen LogP contribution in [0.3, 0.4) is 0 Å². The average Bonchev–Trinajstić information content (AvgIpc) is 2.28. The molecule has 0 bridgehead atoms. The SMILES string of the molecule is O=C(C1CCC1)N1CCC2(CC1)OCCCO2. The molecular weight excluding hydrogens is 218 g/mol. The molecule has 0 N–H and O–H groups in total. The van der Waals surface area contributed by atoms with E-state index in [1.807, 2.05) is 4.90 Å². The smallest absolute Gasteiger partial charge is 0.225 e.